The molecule has 0 unspecified atom stereocenters. The predicted molar refractivity (Wildman–Crippen MR) is 86.1 cm³/mol. The van der Waals surface area contributed by atoms with E-state index in [9.17, 15) is 9.18 Å². The number of hydrogen-bond acceptors (Lipinski definition) is 4. The summed E-state index contributed by atoms with van der Waals surface area (Å²) >= 11 is 0. The minimum absolute atomic E-state index is 0.105. The third-order valence-corrected chi connectivity index (χ3v) is 3.04. The first-order valence-electron chi connectivity index (χ1n) is 6.93. The maximum absolute atomic E-state index is 13.6. The summed E-state index contributed by atoms with van der Waals surface area (Å²) in [4.78, 5) is 20.4. The van der Waals surface area contributed by atoms with Gasteiger partial charge in [-0.3, -0.25) is 4.79 Å². The van der Waals surface area contributed by atoms with E-state index in [1.54, 1.807) is 12.1 Å². The summed E-state index contributed by atoms with van der Waals surface area (Å²) in [6, 6.07) is 16.8. The van der Waals surface area contributed by atoms with Crippen molar-refractivity contribution >= 4 is 23.2 Å². The quantitative estimate of drug-likeness (QED) is 0.772. The van der Waals surface area contributed by atoms with Crippen molar-refractivity contribution in [3.05, 3.63) is 78.4 Å². The molecule has 23 heavy (non-hydrogen) atoms. The van der Waals surface area contributed by atoms with Gasteiger partial charge in [0.05, 0.1) is 5.69 Å². The minimum Gasteiger partial charge on any atom is -0.324 e. The molecule has 3 aromatic rings. The molecule has 0 aliphatic rings. The summed E-state index contributed by atoms with van der Waals surface area (Å²) in [5, 5.41) is 5.48. The molecular weight excluding hydrogens is 295 g/mol. The molecule has 0 bridgehead atoms. The van der Waals surface area contributed by atoms with Crippen LogP contribution in [-0.4, -0.2) is 15.9 Å². The van der Waals surface area contributed by atoms with Crippen LogP contribution < -0.4 is 10.6 Å². The SMILES string of the molecule is O=C(Nc1ccccc1F)c1ccnc(Nc2ccccc2)n1. The molecule has 2 N–H and O–H groups in total. The van der Waals surface area contributed by atoms with Crippen molar-refractivity contribution in [2.45, 2.75) is 0 Å². The van der Waals surface area contributed by atoms with Crippen LogP contribution >= 0.6 is 0 Å². The highest BCUT2D eigenvalue weighted by atomic mass is 19.1. The Morgan fingerprint density at radius 3 is 2.48 bits per heavy atom. The summed E-state index contributed by atoms with van der Waals surface area (Å²) in [6.45, 7) is 0. The number of nitrogens with one attached hydrogen (secondary N) is 2. The van der Waals surface area contributed by atoms with Gasteiger partial charge >= 0.3 is 0 Å². The lowest BCUT2D eigenvalue weighted by Gasteiger charge is -2.08. The highest BCUT2D eigenvalue weighted by molar-refractivity contribution is 6.03. The molecule has 0 radical (unpaired) electrons. The molecule has 0 saturated heterocycles. The summed E-state index contributed by atoms with van der Waals surface area (Å²) < 4.78 is 13.6. The van der Waals surface area contributed by atoms with E-state index in [0.717, 1.165) is 5.69 Å². The van der Waals surface area contributed by atoms with Gasteiger partial charge < -0.3 is 10.6 Å². The topological polar surface area (TPSA) is 66.9 Å². The summed E-state index contributed by atoms with van der Waals surface area (Å²) in [5.41, 5.74) is 1.05. The number of aromatic nitrogens is 2. The molecule has 5 nitrogen and oxygen atoms in total. The van der Waals surface area contributed by atoms with Gasteiger partial charge in [-0.25, -0.2) is 14.4 Å². The zero-order chi connectivity index (χ0) is 16.1. The number of para-hydroxylation sites is 2. The molecule has 6 heteroatoms. The second-order valence-corrected chi connectivity index (χ2v) is 4.69. The molecule has 1 aromatic heterocycles. The molecule has 0 fully saturated rings. The van der Waals surface area contributed by atoms with Crippen LogP contribution in [-0.2, 0) is 0 Å². The van der Waals surface area contributed by atoms with E-state index in [1.165, 1.54) is 24.4 Å². The maximum atomic E-state index is 13.6. The Bertz CT molecular complexity index is 824. The largest absolute Gasteiger partial charge is 0.324 e. The normalized spacial score (nSPS) is 10.1. The lowest BCUT2D eigenvalue weighted by Crippen LogP contribution is -2.15. The van der Waals surface area contributed by atoms with E-state index in [1.807, 2.05) is 30.3 Å². The van der Waals surface area contributed by atoms with E-state index in [4.69, 9.17) is 0 Å². The third-order valence-electron chi connectivity index (χ3n) is 3.04. The van der Waals surface area contributed by atoms with Crippen molar-refractivity contribution in [1.82, 2.24) is 9.97 Å². The molecular formula is C17H13FN4O. The zero-order valence-electron chi connectivity index (χ0n) is 12.0. The second kappa shape index (κ2) is 6.65. The van der Waals surface area contributed by atoms with Crippen molar-refractivity contribution in [3.63, 3.8) is 0 Å². The average molecular weight is 308 g/mol. The average Bonchev–Trinajstić information content (AvgIpc) is 2.58. The first-order valence-corrected chi connectivity index (χ1v) is 6.93. The molecule has 0 aliphatic carbocycles. The highest BCUT2D eigenvalue weighted by Gasteiger charge is 2.11. The van der Waals surface area contributed by atoms with Gasteiger partial charge in [0.2, 0.25) is 5.95 Å². The Morgan fingerprint density at radius 2 is 1.70 bits per heavy atom. The number of nitrogens with zero attached hydrogens (tertiary/aromatic N) is 2. The number of anilines is 3. The number of carbonyl (C=O) groups is 1. The minimum atomic E-state index is -0.506. The summed E-state index contributed by atoms with van der Waals surface area (Å²) in [5.74, 6) is -0.719. The zero-order valence-corrected chi connectivity index (χ0v) is 12.0. The van der Waals surface area contributed by atoms with E-state index in [0.29, 0.717) is 0 Å². The Kier molecular flexibility index (Phi) is 4.24. The number of rotatable bonds is 4. The Balaban J connectivity index is 1.77. The lowest BCUT2D eigenvalue weighted by atomic mass is 10.3. The number of amides is 1. The molecule has 0 saturated carbocycles. The van der Waals surface area contributed by atoms with E-state index in [-0.39, 0.29) is 17.3 Å². The number of benzene rings is 2. The number of hydrogen-bond donors (Lipinski definition) is 2. The van der Waals surface area contributed by atoms with Crippen LogP contribution in [0.15, 0.2) is 66.9 Å². The van der Waals surface area contributed by atoms with Crippen LogP contribution in [0.5, 0.6) is 0 Å². The molecule has 1 heterocycles. The van der Waals surface area contributed by atoms with E-state index >= 15 is 0 Å². The van der Waals surface area contributed by atoms with E-state index in [2.05, 4.69) is 20.6 Å². The van der Waals surface area contributed by atoms with Gasteiger partial charge in [-0.2, -0.15) is 0 Å². The second-order valence-electron chi connectivity index (χ2n) is 4.69. The number of carbonyl (C=O) groups excluding carboxylic acids is 1. The van der Waals surface area contributed by atoms with E-state index < -0.39 is 11.7 Å². The molecule has 3 rings (SSSR count). The standard InChI is InChI=1S/C17H13FN4O/c18-13-8-4-5-9-14(13)21-16(23)15-10-11-19-17(22-15)20-12-6-2-1-3-7-12/h1-11H,(H,21,23)(H,19,20,22). The van der Waals surface area contributed by atoms with Gasteiger partial charge in [0.15, 0.2) is 0 Å². The lowest BCUT2D eigenvalue weighted by molar-refractivity contribution is 0.102. The monoisotopic (exact) mass is 308 g/mol. The molecule has 114 valence electrons. The third kappa shape index (κ3) is 3.68. The van der Waals surface area contributed by atoms with Gasteiger partial charge in [-0.15, -0.1) is 0 Å². The van der Waals surface area contributed by atoms with Crippen LogP contribution in [0, 0.1) is 5.82 Å². The fourth-order valence-electron chi connectivity index (χ4n) is 1.94. The molecule has 0 spiro atoms. The van der Waals surface area contributed by atoms with Crippen LogP contribution in [0.4, 0.5) is 21.7 Å². The van der Waals surface area contributed by atoms with Crippen LogP contribution in [0.25, 0.3) is 0 Å². The highest BCUT2D eigenvalue weighted by Crippen LogP contribution is 2.15. The van der Waals surface area contributed by atoms with Crippen molar-refractivity contribution in [2.75, 3.05) is 10.6 Å². The molecule has 0 atom stereocenters. The fraction of sp³-hybridized carbons (Fsp3) is 0. The maximum Gasteiger partial charge on any atom is 0.274 e. The van der Waals surface area contributed by atoms with Crippen LogP contribution in [0.1, 0.15) is 10.5 Å². The first-order chi connectivity index (χ1) is 11.2. The van der Waals surface area contributed by atoms with Gasteiger partial charge in [0.25, 0.3) is 5.91 Å². The Hall–Kier alpha value is -3.28. The summed E-state index contributed by atoms with van der Waals surface area (Å²) in [6.07, 6.45) is 1.47. The Labute approximate surface area is 132 Å². The van der Waals surface area contributed by atoms with Crippen molar-refractivity contribution < 1.29 is 9.18 Å². The smallest absolute Gasteiger partial charge is 0.274 e. The molecule has 0 aliphatic heterocycles. The van der Waals surface area contributed by atoms with Crippen LogP contribution in [0.2, 0.25) is 0 Å². The van der Waals surface area contributed by atoms with Crippen molar-refractivity contribution in [2.24, 2.45) is 0 Å². The van der Waals surface area contributed by atoms with Crippen molar-refractivity contribution in [1.29, 1.82) is 0 Å². The van der Waals surface area contributed by atoms with Gasteiger partial charge in [-0.05, 0) is 30.3 Å². The van der Waals surface area contributed by atoms with Gasteiger partial charge in [0, 0.05) is 11.9 Å². The molecule has 1 amide bonds. The summed E-state index contributed by atoms with van der Waals surface area (Å²) in [7, 11) is 0. The number of halogens is 1. The van der Waals surface area contributed by atoms with Crippen LogP contribution in [0.3, 0.4) is 0 Å². The predicted octanol–water partition coefficient (Wildman–Crippen LogP) is 3.61. The first kappa shape index (κ1) is 14.6. The Morgan fingerprint density at radius 1 is 0.957 bits per heavy atom. The van der Waals surface area contributed by atoms with Crippen molar-refractivity contribution in [3.8, 4) is 0 Å². The molecule has 2 aromatic carbocycles. The fourth-order valence-corrected chi connectivity index (χ4v) is 1.94. The van der Waals surface area contributed by atoms with Gasteiger partial charge in [-0.1, -0.05) is 30.3 Å². The van der Waals surface area contributed by atoms with Gasteiger partial charge in [0.1, 0.15) is 11.5 Å².